The van der Waals surface area contributed by atoms with Crippen molar-refractivity contribution in [1.82, 2.24) is 0 Å². The normalized spacial score (nSPS) is 9.60. The number of anilines is 1. The molecule has 0 saturated heterocycles. The van der Waals surface area contributed by atoms with Gasteiger partial charge in [-0.25, -0.2) is 0 Å². The van der Waals surface area contributed by atoms with Crippen LogP contribution in [0.3, 0.4) is 0 Å². The van der Waals surface area contributed by atoms with Crippen LogP contribution in [-0.2, 0) is 4.79 Å². The fourth-order valence-electron chi connectivity index (χ4n) is 1.46. The lowest BCUT2D eigenvalue weighted by Crippen LogP contribution is -1.92. The standard InChI is InChI=1S/C13H11NO.H2/c15-10-14-13-8-6-12(7-9-13)11-4-2-1-3-5-11;/h1-10H,(H,14,15);1H. The summed E-state index contributed by atoms with van der Waals surface area (Å²) >= 11 is 0. The van der Waals surface area contributed by atoms with E-state index < -0.39 is 0 Å². The largest absolute Gasteiger partial charge is 0.329 e. The van der Waals surface area contributed by atoms with Crippen molar-refractivity contribution in [2.45, 2.75) is 0 Å². The van der Waals surface area contributed by atoms with E-state index in [1.807, 2.05) is 42.5 Å². The third-order valence-corrected chi connectivity index (χ3v) is 2.22. The van der Waals surface area contributed by atoms with Crippen molar-refractivity contribution in [2.24, 2.45) is 0 Å². The molecule has 2 heteroatoms. The van der Waals surface area contributed by atoms with E-state index >= 15 is 0 Å². The van der Waals surface area contributed by atoms with Gasteiger partial charge in [0.1, 0.15) is 0 Å². The molecule has 0 saturated carbocycles. The second-order valence-electron chi connectivity index (χ2n) is 3.21. The molecule has 0 atom stereocenters. The van der Waals surface area contributed by atoms with Gasteiger partial charge in [0, 0.05) is 7.11 Å². The molecular weight excluding hydrogens is 186 g/mol. The molecule has 0 heterocycles. The Balaban J connectivity index is 0.00000128. The molecule has 2 rings (SSSR count). The van der Waals surface area contributed by atoms with Crippen molar-refractivity contribution in [2.75, 3.05) is 5.32 Å². The van der Waals surface area contributed by atoms with Crippen molar-refractivity contribution in [3.05, 3.63) is 54.6 Å². The lowest BCUT2D eigenvalue weighted by atomic mass is 10.1. The highest BCUT2D eigenvalue weighted by Gasteiger charge is 1.95. The zero-order valence-corrected chi connectivity index (χ0v) is 8.18. The Bertz CT molecular complexity index is 439. The quantitative estimate of drug-likeness (QED) is 0.756. The highest BCUT2D eigenvalue weighted by molar-refractivity contribution is 5.73. The van der Waals surface area contributed by atoms with Crippen molar-refractivity contribution >= 4 is 12.1 Å². The zero-order valence-electron chi connectivity index (χ0n) is 8.18. The molecule has 76 valence electrons. The zero-order chi connectivity index (χ0) is 10.5. The summed E-state index contributed by atoms with van der Waals surface area (Å²) in [4.78, 5) is 10.2. The minimum absolute atomic E-state index is 0. The average molecular weight is 199 g/mol. The van der Waals surface area contributed by atoms with Gasteiger partial charge in [0.25, 0.3) is 0 Å². The first-order valence-electron chi connectivity index (χ1n) is 4.76. The van der Waals surface area contributed by atoms with E-state index in [0.717, 1.165) is 11.3 Å². The number of rotatable bonds is 3. The number of hydrogen-bond donors (Lipinski definition) is 1. The molecule has 0 aliphatic carbocycles. The van der Waals surface area contributed by atoms with Crippen molar-refractivity contribution in [1.29, 1.82) is 0 Å². The molecule has 0 aliphatic rings. The minimum atomic E-state index is 0. The molecule has 2 aromatic rings. The van der Waals surface area contributed by atoms with Gasteiger partial charge in [-0.1, -0.05) is 42.5 Å². The first-order valence-corrected chi connectivity index (χ1v) is 4.76. The first kappa shape index (κ1) is 9.46. The number of hydrogen-bond acceptors (Lipinski definition) is 1. The van der Waals surface area contributed by atoms with Gasteiger partial charge in [0.15, 0.2) is 0 Å². The summed E-state index contributed by atoms with van der Waals surface area (Å²) in [6, 6.07) is 17.9. The highest BCUT2D eigenvalue weighted by atomic mass is 16.1. The van der Waals surface area contributed by atoms with Crippen molar-refractivity contribution in [3.8, 4) is 11.1 Å². The number of carbonyl (C=O) groups is 1. The summed E-state index contributed by atoms with van der Waals surface area (Å²) < 4.78 is 0. The molecule has 1 amide bonds. The lowest BCUT2D eigenvalue weighted by Gasteiger charge is -2.02. The van der Waals surface area contributed by atoms with Gasteiger partial charge in [-0.05, 0) is 23.3 Å². The molecule has 1 N–H and O–H groups in total. The molecule has 2 aromatic carbocycles. The smallest absolute Gasteiger partial charge is 0.211 e. The maximum Gasteiger partial charge on any atom is 0.211 e. The van der Waals surface area contributed by atoms with Crippen LogP contribution >= 0.6 is 0 Å². The van der Waals surface area contributed by atoms with Gasteiger partial charge in [-0.15, -0.1) is 0 Å². The van der Waals surface area contributed by atoms with Crippen LogP contribution in [0.25, 0.3) is 11.1 Å². The number of benzene rings is 2. The van der Waals surface area contributed by atoms with Crippen LogP contribution in [0.1, 0.15) is 1.43 Å². The molecule has 2 nitrogen and oxygen atoms in total. The number of nitrogens with one attached hydrogen (secondary N) is 1. The third kappa shape index (κ3) is 2.23. The van der Waals surface area contributed by atoms with Crippen LogP contribution in [0, 0.1) is 0 Å². The summed E-state index contributed by atoms with van der Waals surface area (Å²) in [5.41, 5.74) is 3.13. The van der Waals surface area contributed by atoms with Gasteiger partial charge < -0.3 is 5.32 Å². The third-order valence-electron chi connectivity index (χ3n) is 2.22. The summed E-state index contributed by atoms with van der Waals surface area (Å²) in [6.07, 6.45) is 0.678. The summed E-state index contributed by atoms with van der Waals surface area (Å²) in [7, 11) is 0. The van der Waals surface area contributed by atoms with E-state index in [4.69, 9.17) is 0 Å². The van der Waals surface area contributed by atoms with Crippen LogP contribution in [0.4, 0.5) is 5.69 Å². The Hall–Kier alpha value is -2.09. The fourth-order valence-corrected chi connectivity index (χ4v) is 1.46. The number of carbonyl (C=O) groups excluding carboxylic acids is 1. The van der Waals surface area contributed by atoms with Crippen molar-refractivity contribution in [3.63, 3.8) is 0 Å². The predicted octanol–water partition coefficient (Wildman–Crippen LogP) is 3.17. The van der Waals surface area contributed by atoms with Crippen LogP contribution in [0.2, 0.25) is 0 Å². The van der Waals surface area contributed by atoms with E-state index in [0.29, 0.717) is 6.41 Å². The molecule has 15 heavy (non-hydrogen) atoms. The Labute approximate surface area is 90.0 Å². The van der Waals surface area contributed by atoms with E-state index in [-0.39, 0.29) is 1.43 Å². The van der Waals surface area contributed by atoms with Gasteiger partial charge in [-0.3, -0.25) is 4.79 Å². The van der Waals surface area contributed by atoms with Crippen LogP contribution in [0.5, 0.6) is 0 Å². The predicted molar refractivity (Wildman–Crippen MR) is 63.7 cm³/mol. The van der Waals surface area contributed by atoms with Gasteiger partial charge in [0.05, 0.1) is 0 Å². The van der Waals surface area contributed by atoms with Crippen LogP contribution in [0.15, 0.2) is 54.6 Å². The van der Waals surface area contributed by atoms with Crippen molar-refractivity contribution < 1.29 is 6.22 Å². The molecule has 0 radical (unpaired) electrons. The van der Waals surface area contributed by atoms with Gasteiger partial charge >= 0.3 is 0 Å². The van der Waals surface area contributed by atoms with E-state index in [2.05, 4.69) is 17.4 Å². The number of amides is 1. The van der Waals surface area contributed by atoms with Gasteiger partial charge in [0.2, 0.25) is 6.41 Å². The van der Waals surface area contributed by atoms with Crippen LogP contribution < -0.4 is 5.32 Å². The molecule has 0 spiro atoms. The average Bonchev–Trinajstić information content (AvgIpc) is 2.32. The SMILES string of the molecule is O=CNc1ccc(-c2ccccc2)cc1.[HH]. The van der Waals surface area contributed by atoms with Gasteiger partial charge in [-0.2, -0.15) is 0 Å². The molecule has 0 aromatic heterocycles. The molecule has 0 aliphatic heterocycles. The molecule has 0 fully saturated rings. The fraction of sp³-hybridized carbons (Fsp3) is 0. The Morgan fingerprint density at radius 2 is 1.47 bits per heavy atom. The molecule has 0 unspecified atom stereocenters. The van der Waals surface area contributed by atoms with Crippen LogP contribution in [-0.4, -0.2) is 6.41 Å². The Morgan fingerprint density at radius 1 is 0.867 bits per heavy atom. The van der Waals surface area contributed by atoms with E-state index in [1.165, 1.54) is 5.56 Å². The maximum atomic E-state index is 10.2. The summed E-state index contributed by atoms with van der Waals surface area (Å²) in [5, 5.41) is 2.61. The topological polar surface area (TPSA) is 29.1 Å². The Kier molecular flexibility index (Phi) is 2.79. The summed E-state index contributed by atoms with van der Waals surface area (Å²) in [5.74, 6) is 0. The second-order valence-corrected chi connectivity index (χ2v) is 3.21. The first-order chi connectivity index (χ1) is 7.40. The molecule has 0 bridgehead atoms. The monoisotopic (exact) mass is 199 g/mol. The highest BCUT2D eigenvalue weighted by Crippen LogP contribution is 2.20. The Morgan fingerprint density at radius 3 is 2.07 bits per heavy atom. The van der Waals surface area contributed by atoms with E-state index in [1.54, 1.807) is 0 Å². The minimum Gasteiger partial charge on any atom is -0.329 e. The summed E-state index contributed by atoms with van der Waals surface area (Å²) in [6.45, 7) is 0. The van der Waals surface area contributed by atoms with E-state index in [9.17, 15) is 4.79 Å². The molecular formula is C13H13NO. The second kappa shape index (κ2) is 4.42. The maximum absolute atomic E-state index is 10.2. The lowest BCUT2D eigenvalue weighted by molar-refractivity contribution is -0.105.